The third kappa shape index (κ3) is 14.5. The van der Waals surface area contributed by atoms with Crippen molar-refractivity contribution in [3.05, 3.63) is 497 Å². The van der Waals surface area contributed by atoms with E-state index in [1.807, 2.05) is 107 Å². The molecule has 10 nitrogen and oxygen atoms in total. The van der Waals surface area contributed by atoms with Crippen LogP contribution in [0.3, 0.4) is 0 Å². The van der Waals surface area contributed by atoms with E-state index in [9.17, 15) is 0 Å². The molecule has 0 unspecified atom stereocenters. The molecule has 0 aliphatic heterocycles. The Hall–Kier alpha value is -19.2. The van der Waals surface area contributed by atoms with Gasteiger partial charge in [-0.15, -0.1) is 34.0 Å². The van der Waals surface area contributed by atoms with Crippen LogP contribution in [-0.4, -0.2) is 48.6 Å². The van der Waals surface area contributed by atoms with E-state index in [1.165, 1.54) is 181 Å². The van der Waals surface area contributed by atoms with Crippen molar-refractivity contribution in [3.8, 4) is 141 Å². The van der Waals surface area contributed by atoms with Crippen LogP contribution in [0.5, 0.6) is 0 Å². The summed E-state index contributed by atoms with van der Waals surface area (Å²) in [5.41, 5.74) is 28.3. The highest BCUT2D eigenvalue weighted by atomic mass is 32.1. The fraction of sp³-hybridized carbons (Fsp3) is 0. The van der Waals surface area contributed by atoms with Gasteiger partial charge in [0, 0.05) is 126 Å². The Morgan fingerprint density at radius 2 is 0.387 bits per heavy atom. The lowest BCUT2D eigenvalue weighted by atomic mass is 9.94. The molecule has 9 heterocycles. The van der Waals surface area contributed by atoms with Gasteiger partial charge in [-0.2, -0.15) is 9.97 Å². The van der Waals surface area contributed by atoms with Crippen molar-refractivity contribution < 1.29 is 0 Å². The van der Waals surface area contributed by atoms with Crippen molar-refractivity contribution >= 4 is 192 Å². The maximum atomic E-state index is 5.39. The zero-order valence-electron chi connectivity index (χ0n) is 80.5. The molecule has 23 aromatic carbocycles. The van der Waals surface area contributed by atoms with E-state index in [0.29, 0.717) is 29.5 Å². The van der Waals surface area contributed by atoms with Gasteiger partial charge in [0.25, 0.3) is 0 Å². The maximum absolute atomic E-state index is 5.39. The first-order valence-electron chi connectivity index (χ1n) is 50.5. The summed E-state index contributed by atoms with van der Waals surface area (Å²) >= 11 is 5.57. The van der Waals surface area contributed by atoms with Crippen molar-refractivity contribution in [2.75, 3.05) is 0 Å². The molecule has 0 radical (unpaired) electrons. The van der Waals surface area contributed by atoms with Crippen molar-refractivity contribution in [1.29, 1.82) is 0 Å². The van der Waals surface area contributed by atoms with Gasteiger partial charge in [-0.05, 0) is 191 Å². The average Bonchev–Trinajstić information content (AvgIpc) is 1.56. The Morgan fingerprint density at radius 3 is 0.707 bits per heavy atom. The Balaban J connectivity index is 0.000000104. The Bertz CT molecular complexity index is 10300. The molecule has 0 amide bonds. The predicted molar refractivity (Wildman–Crippen MR) is 631 cm³/mol. The highest BCUT2D eigenvalue weighted by Crippen LogP contribution is 2.51. The number of aromatic nitrogens is 10. The third-order valence-electron chi connectivity index (χ3n) is 29.9. The predicted octanol–water partition coefficient (Wildman–Crippen LogP) is 37.3. The molecule has 0 fully saturated rings. The summed E-state index contributed by atoms with van der Waals surface area (Å²) in [6.45, 7) is 0. The lowest BCUT2D eigenvalue weighted by Crippen LogP contribution is -2.06. The summed E-state index contributed by atoms with van der Waals surface area (Å²) in [5.74, 6) is 3.23. The number of thiophene rings is 3. The van der Waals surface area contributed by atoms with Crippen LogP contribution in [0.25, 0.3) is 300 Å². The van der Waals surface area contributed by atoms with Crippen LogP contribution in [0.15, 0.2) is 497 Å². The van der Waals surface area contributed by atoms with E-state index in [4.69, 9.17) is 34.9 Å². The first-order valence-corrected chi connectivity index (χ1v) is 53.0. The highest BCUT2D eigenvalue weighted by molar-refractivity contribution is 7.26. The van der Waals surface area contributed by atoms with E-state index in [-0.39, 0.29) is 0 Å². The molecule has 0 bridgehead atoms. The molecule has 0 aliphatic rings. The van der Waals surface area contributed by atoms with Gasteiger partial charge in [0.2, 0.25) is 17.8 Å². The molecule has 32 rings (SSSR count). The standard InChI is InChI=1S/C54H33N3S.C42H25N3S.C41H24N4S/c1-3-10-34(11-4-1)36-18-22-38(23-19-36)46-33-47(39-24-20-37(21-25-39)35-12-5-2-6-13-35)56-54(55-46)57-48-16-9-14-40-26-28-44-42(29-30-49(57)53(44)52(40)48)41-27-31-51-45(32-41)43-15-7-8-17-50(43)58-51;1-3-10-26(11-4-1)34-25-35(27-12-5-2-6-13-27)44-42(43-34)45-36-16-9-14-28-18-20-32-30(21-22-37(45)41(32)40(28)36)29-19-23-39-33(24-29)31-15-7-8-17-38(31)46-39;1-3-10-26(11-4-1)39-42-40(27-12-5-2-6-13-27)44-41(43-39)45-33-16-9-14-25-18-20-31-29(21-22-34(45)38(31)37(25)33)28-19-23-36-32(24-28)30-15-7-8-17-35(30)46-36/h1-33H;1-25H;1-24H. The van der Waals surface area contributed by atoms with Crippen molar-refractivity contribution in [3.63, 3.8) is 0 Å². The second kappa shape index (κ2) is 35.4. The minimum Gasteiger partial charge on any atom is -0.278 e. The van der Waals surface area contributed by atoms with Crippen LogP contribution < -0.4 is 0 Å². The third-order valence-corrected chi connectivity index (χ3v) is 33.3. The normalized spacial score (nSPS) is 11.9. The van der Waals surface area contributed by atoms with Gasteiger partial charge in [0.1, 0.15) is 0 Å². The van der Waals surface area contributed by atoms with Crippen molar-refractivity contribution in [2.24, 2.45) is 0 Å². The molecule has 0 aliphatic carbocycles. The summed E-state index contributed by atoms with van der Waals surface area (Å²) < 4.78 is 14.6. The molecule has 0 N–H and O–H groups in total. The second-order valence-electron chi connectivity index (χ2n) is 38.4. The number of hydrogen-bond acceptors (Lipinski definition) is 10. The summed E-state index contributed by atoms with van der Waals surface area (Å²) in [4.78, 5) is 36.4. The lowest BCUT2D eigenvalue weighted by Gasteiger charge is -2.13. The summed E-state index contributed by atoms with van der Waals surface area (Å²) in [5, 5.41) is 22.6. The zero-order valence-corrected chi connectivity index (χ0v) is 83.0. The SMILES string of the molecule is c1ccc(-c2cc(-c3ccccc3)nc(-n3c4cccc5ccc6c(-c7ccc8sc9ccccc9c8c7)ccc3c6c54)n2)cc1.c1ccc(-c2ccc(-c3cc(-c4ccc(-c5ccccc5)cc4)nc(-n4c5cccc6ccc7c(-c8ccc9sc%10ccccc%10c9c8)ccc4c7c65)n3)cc2)cc1.c1ccc(-c2nc(-c3ccccc3)nc(-n3c4cccc5ccc6c(-c7ccc8sc9ccccc9c8c7)ccc3c6c54)n2)cc1. The van der Waals surface area contributed by atoms with Gasteiger partial charge < -0.3 is 0 Å². The minimum absolute atomic E-state index is 0.608. The molecule has 0 saturated carbocycles. The highest BCUT2D eigenvalue weighted by Gasteiger charge is 2.29. The Labute approximate surface area is 872 Å². The van der Waals surface area contributed by atoms with E-state index in [2.05, 4.69) is 438 Å². The monoisotopic (exact) mass is 1960 g/mol. The smallest absolute Gasteiger partial charge is 0.238 e. The molecular weight excluding hydrogens is 1880 g/mol. The van der Waals surface area contributed by atoms with Gasteiger partial charge in [-0.25, -0.2) is 24.9 Å². The van der Waals surface area contributed by atoms with E-state index in [0.717, 1.165) is 89.3 Å². The van der Waals surface area contributed by atoms with Crippen LogP contribution in [0.4, 0.5) is 0 Å². The molecule has 0 atom stereocenters. The van der Waals surface area contributed by atoms with Gasteiger partial charge in [-0.1, -0.05) is 394 Å². The quantitative estimate of drug-likeness (QED) is 0.0999. The molecule has 9 aromatic heterocycles. The van der Waals surface area contributed by atoms with E-state index >= 15 is 0 Å². The maximum Gasteiger partial charge on any atom is 0.238 e. The molecule has 0 spiro atoms. The lowest BCUT2D eigenvalue weighted by molar-refractivity contribution is 0.954. The zero-order chi connectivity index (χ0) is 98.5. The molecule has 698 valence electrons. The first-order chi connectivity index (χ1) is 74.3. The van der Waals surface area contributed by atoms with Crippen LogP contribution in [-0.2, 0) is 0 Å². The van der Waals surface area contributed by atoms with Gasteiger partial charge >= 0.3 is 0 Å². The van der Waals surface area contributed by atoms with Crippen LogP contribution >= 0.6 is 34.0 Å². The summed E-state index contributed by atoms with van der Waals surface area (Å²) in [6, 6.07) is 177. The number of hydrogen-bond donors (Lipinski definition) is 0. The molecule has 150 heavy (non-hydrogen) atoms. The molecular formula is C137H82N10S3. The molecule has 13 heteroatoms. The first kappa shape index (κ1) is 86.3. The number of nitrogens with zero attached hydrogens (tertiary/aromatic N) is 10. The molecule has 0 saturated heterocycles. The van der Waals surface area contributed by atoms with Crippen LogP contribution in [0.2, 0.25) is 0 Å². The number of rotatable bonds is 14. The Kier molecular flexibility index (Phi) is 20.4. The minimum atomic E-state index is 0.608. The fourth-order valence-corrected chi connectivity index (χ4v) is 26.1. The van der Waals surface area contributed by atoms with Crippen LogP contribution in [0.1, 0.15) is 0 Å². The van der Waals surface area contributed by atoms with Gasteiger partial charge in [-0.3, -0.25) is 13.7 Å². The molecule has 32 aromatic rings. The number of benzene rings is 23. The van der Waals surface area contributed by atoms with E-state index in [1.54, 1.807) is 0 Å². The largest absolute Gasteiger partial charge is 0.278 e. The Morgan fingerprint density at radius 1 is 0.140 bits per heavy atom. The average molecular weight is 1960 g/mol. The van der Waals surface area contributed by atoms with Gasteiger partial charge in [0.15, 0.2) is 11.6 Å². The van der Waals surface area contributed by atoms with E-state index < -0.39 is 0 Å². The summed E-state index contributed by atoms with van der Waals surface area (Å²) in [6.07, 6.45) is 0. The number of fused-ring (bicyclic) bond motifs is 9. The van der Waals surface area contributed by atoms with Crippen LogP contribution in [0, 0.1) is 0 Å². The van der Waals surface area contributed by atoms with Crippen molar-refractivity contribution in [1.82, 2.24) is 48.6 Å². The topological polar surface area (TPSA) is 105 Å². The van der Waals surface area contributed by atoms with Crippen molar-refractivity contribution in [2.45, 2.75) is 0 Å². The summed E-state index contributed by atoms with van der Waals surface area (Å²) in [7, 11) is 0. The fourth-order valence-electron chi connectivity index (χ4n) is 22.9. The second-order valence-corrected chi connectivity index (χ2v) is 41.7. The van der Waals surface area contributed by atoms with Gasteiger partial charge in [0.05, 0.1) is 55.9 Å².